The monoisotopic (exact) mass is 331 g/mol. The Morgan fingerprint density at radius 1 is 1.26 bits per heavy atom. The van der Waals surface area contributed by atoms with Gasteiger partial charge in [0.2, 0.25) is 5.95 Å². The zero-order valence-electron chi connectivity index (χ0n) is 12.9. The highest BCUT2D eigenvalue weighted by molar-refractivity contribution is 6.33. The summed E-state index contributed by atoms with van der Waals surface area (Å²) in [4.78, 5) is 22.3. The molecular weight excluding hydrogens is 314 g/mol. The van der Waals surface area contributed by atoms with E-state index in [2.05, 4.69) is 14.9 Å². The number of nitrogens with zero attached hydrogens (tertiary/aromatic N) is 3. The van der Waals surface area contributed by atoms with Gasteiger partial charge in [-0.25, -0.2) is 9.97 Å². The molecule has 1 N–H and O–H groups in total. The van der Waals surface area contributed by atoms with E-state index in [-0.39, 0.29) is 11.9 Å². The predicted molar refractivity (Wildman–Crippen MR) is 89.9 cm³/mol. The number of hydrogen-bond donors (Lipinski definition) is 1. The first-order chi connectivity index (χ1) is 11.0. The van der Waals surface area contributed by atoms with Gasteiger partial charge in [-0.15, -0.1) is 0 Å². The van der Waals surface area contributed by atoms with Crippen LogP contribution in [0.2, 0.25) is 5.02 Å². The Hall–Kier alpha value is -1.98. The Bertz CT molecular complexity index is 710. The fourth-order valence-electron chi connectivity index (χ4n) is 2.66. The number of aliphatic hydroxyl groups excluding tert-OH is 1. The molecule has 0 radical (unpaired) electrons. The third kappa shape index (κ3) is 3.51. The van der Waals surface area contributed by atoms with Crippen LogP contribution in [0.3, 0.4) is 0 Å². The lowest BCUT2D eigenvalue weighted by Gasteiger charge is -2.29. The molecule has 5 nitrogen and oxygen atoms in total. The molecule has 1 aliphatic rings. The number of rotatable bonds is 3. The lowest BCUT2D eigenvalue weighted by Crippen LogP contribution is -2.36. The van der Waals surface area contributed by atoms with E-state index in [0.717, 1.165) is 37.1 Å². The van der Waals surface area contributed by atoms with E-state index in [1.165, 1.54) is 6.92 Å². The van der Waals surface area contributed by atoms with E-state index in [4.69, 9.17) is 11.6 Å². The van der Waals surface area contributed by atoms with Crippen molar-refractivity contribution in [3.63, 3.8) is 0 Å². The molecule has 1 aromatic heterocycles. The van der Waals surface area contributed by atoms with E-state index in [0.29, 0.717) is 16.5 Å². The molecule has 0 aliphatic carbocycles. The molecule has 6 heteroatoms. The third-order valence-corrected chi connectivity index (χ3v) is 4.38. The summed E-state index contributed by atoms with van der Waals surface area (Å²) in [6.45, 7) is 3.03. The number of ketones is 1. The normalized spacial score (nSPS) is 15.7. The maximum absolute atomic E-state index is 11.4. The van der Waals surface area contributed by atoms with Gasteiger partial charge < -0.3 is 10.0 Å². The molecule has 1 saturated heterocycles. The summed E-state index contributed by atoms with van der Waals surface area (Å²) in [5.74, 6) is 0.648. The highest BCUT2D eigenvalue weighted by atomic mass is 35.5. The molecular formula is C17H18ClN3O2. The molecule has 1 aromatic carbocycles. The van der Waals surface area contributed by atoms with Crippen molar-refractivity contribution in [2.45, 2.75) is 25.9 Å². The maximum Gasteiger partial charge on any atom is 0.225 e. The summed E-state index contributed by atoms with van der Waals surface area (Å²) in [6, 6.07) is 5.23. The van der Waals surface area contributed by atoms with Gasteiger partial charge in [0.25, 0.3) is 0 Å². The van der Waals surface area contributed by atoms with Crippen molar-refractivity contribution in [1.82, 2.24) is 9.97 Å². The minimum Gasteiger partial charge on any atom is -0.393 e. The number of Topliss-reactive ketones (excluding diaryl/α,β-unsaturated/α-hetero) is 1. The number of aliphatic hydroxyl groups is 1. The van der Waals surface area contributed by atoms with Gasteiger partial charge in [-0.2, -0.15) is 0 Å². The number of piperidine rings is 1. The first-order valence-electron chi connectivity index (χ1n) is 7.60. The van der Waals surface area contributed by atoms with Crippen LogP contribution >= 0.6 is 11.6 Å². The quantitative estimate of drug-likeness (QED) is 0.876. The van der Waals surface area contributed by atoms with Gasteiger partial charge in [0, 0.05) is 47.2 Å². The smallest absolute Gasteiger partial charge is 0.225 e. The molecule has 3 rings (SSSR count). The number of anilines is 1. The summed E-state index contributed by atoms with van der Waals surface area (Å²) in [7, 11) is 0. The van der Waals surface area contributed by atoms with Crippen molar-refractivity contribution in [3.05, 3.63) is 41.2 Å². The second-order valence-electron chi connectivity index (χ2n) is 5.74. The number of benzene rings is 1. The summed E-state index contributed by atoms with van der Waals surface area (Å²) in [6.07, 6.45) is 4.74. The van der Waals surface area contributed by atoms with E-state index in [1.54, 1.807) is 24.5 Å². The predicted octanol–water partition coefficient (Wildman–Crippen LogP) is 2.96. The molecule has 0 saturated carbocycles. The standard InChI is InChI=1S/C17H18ClN3O2/c1-11(22)12-2-3-15(16(18)8-12)13-9-19-17(20-10-13)21-6-4-14(23)5-7-21/h2-3,8-10,14,23H,4-7H2,1H3. The van der Waals surface area contributed by atoms with Crippen molar-refractivity contribution < 1.29 is 9.90 Å². The average Bonchev–Trinajstić information content (AvgIpc) is 2.56. The molecule has 2 heterocycles. The van der Waals surface area contributed by atoms with Crippen LogP contribution in [0.5, 0.6) is 0 Å². The first kappa shape index (κ1) is 15.9. The zero-order chi connectivity index (χ0) is 16.4. The molecule has 120 valence electrons. The van der Waals surface area contributed by atoms with Crippen molar-refractivity contribution >= 4 is 23.3 Å². The Morgan fingerprint density at radius 2 is 1.91 bits per heavy atom. The van der Waals surface area contributed by atoms with Gasteiger partial charge in [0.15, 0.2) is 5.78 Å². The third-order valence-electron chi connectivity index (χ3n) is 4.07. The Balaban J connectivity index is 1.81. The average molecular weight is 332 g/mol. The second-order valence-corrected chi connectivity index (χ2v) is 6.15. The van der Waals surface area contributed by atoms with E-state index < -0.39 is 0 Å². The van der Waals surface area contributed by atoms with Gasteiger partial charge in [0.05, 0.1) is 6.10 Å². The fourth-order valence-corrected chi connectivity index (χ4v) is 2.95. The molecule has 0 amide bonds. The van der Waals surface area contributed by atoms with Crippen LogP contribution < -0.4 is 4.90 Å². The largest absolute Gasteiger partial charge is 0.393 e. The molecule has 0 unspecified atom stereocenters. The van der Waals surface area contributed by atoms with Gasteiger partial charge in [-0.05, 0) is 25.8 Å². The number of halogens is 1. The van der Waals surface area contributed by atoms with Crippen LogP contribution in [-0.2, 0) is 0 Å². The molecule has 23 heavy (non-hydrogen) atoms. The van der Waals surface area contributed by atoms with Crippen LogP contribution in [-0.4, -0.2) is 40.1 Å². The van der Waals surface area contributed by atoms with Crippen LogP contribution in [0.25, 0.3) is 11.1 Å². The molecule has 0 atom stereocenters. The highest BCUT2D eigenvalue weighted by Crippen LogP contribution is 2.29. The molecule has 0 spiro atoms. The summed E-state index contributed by atoms with van der Waals surface area (Å²) in [5.41, 5.74) is 2.20. The molecule has 0 bridgehead atoms. The van der Waals surface area contributed by atoms with Crippen LogP contribution in [0, 0.1) is 0 Å². The van der Waals surface area contributed by atoms with E-state index >= 15 is 0 Å². The lowest BCUT2D eigenvalue weighted by atomic mass is 10.0. The summed E-state index contributed by atoms with van der Waals surface area (Å²) < 4.78 is 0. The zero-order valence-corrected chi connectivity index (χ0v) is 13.6. The van der Waals surface area contributed by atoms with Crippen molar-refractivity contribution in [3.8, 4) is 11.1 Å². The van der Waals surface area contributed by atoms with E-state index in [9.17, 15) is 9.90 Å². The number of aromatic nitrogens is 2. The van der Waals surface area contributed by atoms with Gasteiger partial charge in [-0.1, -0.05) is 23.7 Å². The Kier molecular flexibility index (Phi) is 4.59. The minimum absolute atomic E-state index is 0.0164. The van der Waals surface area contributed by atoms with Crippen molar-refractivity contribution in [2.24, 2.45) is 0 Å². The van der Waals surface area contributed by atoms with Crippen molar-refractivity contribution in [2.75, 3.05) is 18.0 Å². The second kappa shape index (κ2) is 6.64. The van der Waals surface area contributed by atoms with E-state index in [1.807, 2.05) is 6.07 Å². The SMILES string of the molecule is CC(=O)c1ccc(-c2cnc(N3CCC(O)CC3)nc2)c(Cl)c1. The van der Waals surface area contributed by atoms with Crippen LogP contribution in [0.1, 0.15) is 30.1 Å². The van der Waals surface area contributed by atoms with Crippen LogP contribution in [0.4, 0.5) is 5.95 Å². The van der Waals surface area contributed by atoms with Gasteiger partial charge in [-0.3, -0.25) is 4.79 Å². The molecule has 1 fully saturated rings. The Morgan fingerprint density at radius 3 is 2.48 bits per heavy atom. The summed E-state index contributed by atoms with van der Waals surface area (Å²) >= 11 is 6.27. The number of carbonyl (C=O) groups excluding carboxylic acids is 1. The maximum atomic E-state index is 11.4. The number of hydrogen-bond acceptors (Lipinski definition) is 5. The molecule has 2 aromatic rings. The number of carbonyl (C=O) groups is 1. The topological polar surface area (TPSA) is 66.3 Å². The van der Waals surface area contributed by atoms with Gasteiger partial charge in [0.1, 0.15) is 0 Å². The highest BCUT2D eigenvalue weighted by Gasteiger charge is 2.19. The Labute approximate surface area is 139 Å². The van der Waals surface area contributed by atoms with Gasteiger partial charge >= 0.3 is 0 Å². The molecule has 1 aliphatic heterocycles. The minimum atomic E-state index is -0.218. The lowest BCUT2D eigenvalue weighted by molar-refractivity contribution is 0.101. The summed E-state index contributed by atoms with van der Waals surface area (Å²) in [5, 5.41) is 10.1. The first-order valence-corrected chi connectivity index (χ1v) is 7.98. The van der Waals surface area contributed by atoms with Crippen LogP contribution in [0.15, 0.2) is 30.6 Å². The van der Waals surface area contributed by atoms with Crippen molar-refractivity contribution in [1.29, 1.82) is 0 Å². The fraction of sp³-hybridized carbons (Fsp3) is 0.353.